The number of nitrogens with zero attached hydrogens (tertiary/aromatic N) is 1. The molecule has 0 aliphatic carbocycles. The first-order chi connectivity index (χ1) is 9.19. The summed E-state index contributed by atoms with van der Waals surface area (Å²) >= 11 is 5.28. The number of likely N-dealkylation sites (N-methyl/N-ethyl adjacent to an activating group) is 1. The van der Waals surface area contributed by atoms with Crippen LogP contribution in [-0.2, 0) is 6.54 Å². The van der Waals surface area contributed by atoms with E-state index in [9.17, 15) is 0 Å². The van der Waals surface area contributed by atoms with Crippen LogP contribution in [-0.4, -0.2) is 25.0 Å². The van der Waals surface area contributed by atoms with Crippen molar-refractivity contribution in [2.45, 2.75) is 12.5 Å². The SMILES string of the molecule is CN(Cc1cc(Br)cs1)CC(CN)c1ccccc1. The summed E-state index contributed by atoms with van der Waals surface area (Å²) in [5.41, 5.74) is 7.24. The highest BCUT2D eigenvalue weighted by molar-refractivity contribution is 9.10. The maximum absolute atomic E-state index is 5.92. The van der Waals surface area contributed by atoms with Crippen LogP contribution >= 0.6 is 27.3 Å². The van der Waals surface area contributed by atoms with Crippen molar-refractivity contribution in [2.75, 3.05) is 20.1 Å². The molecule has 102 valence electrons. The van der Waals surface area contributed by atoms with Crippen LogP contribution in [0.4, 0.5) is 0 Å². The van der Waals surface area contributed by atoms with Crippen LogP contribution in [0.5, 0.6) is 0 Å². The van der Waals surface area contributed by atoms with Crippen molar-refractivity contribution in [1.29, 1.82) is 0 Å². The fourth-order valence-electron chi connectivity index (χ4n) is 2.18. The molecule has 0 bridgehead atoms. The van der Waals surface area contributed by atoms with E-state index in [0.717, 1.165) is 13.1 Å². The Morgan fingerprint density at radius 1 is 1.32 bits per heavy atom. The average Bonchev–Trinajstić information content (AvgIpc) is 2.82. The fraction of sp³-hybridized carbons (Fsp3) is 0.333. The van der Waals surface area contributed by atoms with Gasteiger partial charge in [-0.3, -0.25) is 0 Å². The van der Waals surface area contributed by atoms with Crippen molar-refractivity contribution >= 4 is 27.3 Å². The minimum Gasteiger partial charge on any atom is -0.330 e. The maximum atomic E-state index is 5.92. The molecule has 0 radical (unpaired) electrons. The van der Waals surface area contributed by atoms with E-state index in [1.165, 1.54) is 14.9 Å². The van der Waals surface area contributed by atoms with Gasteiger partial charge in [0.1, 0.15) is 0 Å². The van der Waals surface area contributed by atoms with Crippen molar-refractivity contribution in [2.24, 2.45) is 5.73 Å². The minimum absolute atomic E-state index is 0.398. The smallest absolute Gasteiger partial charge is 0.0325 e. The van der Waals surface area contributed by atoms with E-state index < -0.39 is 0 Å². The molecule has 0 fully saturated rings. The molecule has 1 unspecified atom stereocenters. The molecule has 2 rings (SSSR count). The Kier molecular flexibility index (Phi) is 5.58. The van der Waals surface area contributed by atoms with Gasteiger partial charge in [-0.25, -0.2) is 0 Å². The van der Waals surface area contributed by atoms with Gasteiger partial charge in [-0.05, 0) is 34.6 Å². The van der Waals surface area contributed by atoms with Crippen LogP contribution in [0.2, 0.25) is 0 Å². The number of thiophene rings is 1. The van der Waals surface area contributed by atoms with Gasteiger partial charge in [0.15, 0.2) is 0 Å². The molecule has 1 aromatic carbocycles. The number of halogens is 1. The summed E-state index contributed by atoms with van der Waals surface area (Å²) in [5.74, 6) is 0.398. The molecule has 4 heteroatoms. The quantitative estimate of drug-likeness (QED) is 0.870. The molecular formula is C15H19BrN2S. The summed E-state index contributed by atoms with van der Waals surface area (Å²) in [6.07, 6.45) is 0. The minimum atomic E-state index is 0.398. The molecule has 0 amide bonds. The summed E-state index contributed by atoms with van der Waals surface area (Å²) in [6, 6.07) is 12.7. The van der Waals surface area contributed by atoms with E-state index in [2.05, 4.69) is 63.6 Å². The molecular weight excluding hydrogens is 320 g/mol. The second kappa shape index (κ2) is 7.20. The van der Waals surface area contributed by atoms with E-state index in [1.54, 1.807) is 11.3 Å². The highest BCUT2D eigenvalue weighted by Crippen LogP contribution is 2.22. The fourth-order valence-corrected chi connectivity index (χ4v) is 3.71. The Balaban J connectivity index is 1.95. The molecule has 1 heterocycles. The van der Waals surface area contributed by atoms with E-state index in [-0.39, 0.29) is 0 Å². The standard InChI is InChI=1S/C15H19BrN2S/c1-18(10-15-7-14(16)11-19-15)9-13(8-17)12-5-3-2-4-6-12/h2-7,11,13H,8-10,17H2,1H3. The molecule has 0 aliphatic heterocycles. The first-order valence-electron chi connectivity index (χ1n) is 6.35. The van der Waals surface area contributed by atoms with Crippen LogP contribution in [0.1, 0.15) is 16.4 Å². The summed E-state index contributed by atoms with van der Waals surface area (Å²) < 4.78 is 1.17. The van der Waals surface area contributed by atoms with E-state index in [0.29, 0.717) is 12.5 Å². The molecule has 0 aliphatic rings. The van der Waals surface area contributed by atoms with Crippen molar-refractivity contribution in [3.8, 4) is 0 Å². The molecule has 1 atom stereocenters. The third kappa shape index (κ3) is 4.42. The van der Waals surface area contributed by atoms with Gasteiger partial charge in [-0.2, -0.15) is 0 Å². The lowest BCUT2D eigenvalue weighted by atomic mass is 9.99. The predicted molar refractivity (Wildman–Crippen MR) is 86.6 cm³/mol. The molecule has 2 nitrogen and oxygen atoms in total. The van der Waals surface area contributed by atoms with Gasteiger partial charge in [0.05, 0.1) is 0 Å². The highest BCUT2D eigenvalue weighted by atomic mass is 79.9. The van der Waals surface area contributed by atoms with Crippen molar-refractivity contribution in [3.63, 3.8) is 0 Å². The first kappa shape index (κ1) is 14.7. The van der Waals surface area contributed by atoms with E-state index in [1.807, 2.05) is 6.07 Å². The Labute approximate surface area is 127 Å². The second-order valence-electron chi connectivity index (χ2n) is 4.77. The Bertz CT molecular complexity index is 498. The number of benzene rings is 1. The van der Waals surface area contributed by atoms with Gasteiger partial charge in [0.25, 0.3) is 0 Å². The molecule has 0 saturated heterocycles. The lowest BCUT2D eigenvalue weighted by Gasteiger charge is -2.23. The number of hydrogen-bond donors (Lipinski definition) is 1. The number of hydrogen-bond acceptors (Lipinski definition) is 3. The van der Waals surface area contributed by atoms with Crippen LogP contribution in [0, 0.1) is 0 Å². The van der Waals surface area contributed by atoms with Crippen LogP contribution in [0.25, 0.3) is 0 Å². The van der Waals surface area contributed by atoms with Crippen LogP contribution in [0.3, 0.4) is 0 Å². The molecule has 1 aromatic heterocycles. The summed E-state index contributed by atoms with van der Waals surface area (Å²) in [7, 11) is 2.15. The first-order valence-corrected chi connectivity index (χ1v) is 8.02. The largest absolute Gasteiger partial charge is 0.330 e. The average molecular weight is 339 g/mol. The third-order valence-electron chi connectivity index (χ3n) is 3.14. The monoisotopic (exact) mass is 338 g/mol. The zero-order valence-electron chi connectivity index (χ0n) is 11.1. The Hall–Kier alpha value is -0.680. The van der Waals surface area contributed by atoms with E-state index in [4.69, 9.17) is 5.73 Å². The zero-order chi connectivity index (χ0) is 13.7. The van der Waals surface area contributed by atoms with E-state index >= 15 is 0 Å². The van der Waals surface area contributed by atoms with Gasteiger partial charge in [-0.1, -0.05) is 30.3 Å². The number of rotatable bonds is 6. The molecule has 0 saturated carbocycles. The van der Waals surface area contributed by atoms with Gasteiger partial charge < -0.3 is 10.6 Å². The van der Waals surface area contributed by atoms with Gasteiger partial charge >= 0.3 is 0 Å². The molecule has 0 spiro atoms. The summed E-state index contributed by atoms with van der Waals surface area (Å²) in [4.78, 5) is 3.71. The van der Waals surface area contributed by atoms with Crippen LogP contribution < -0.4 is 5.73 Å². The third-order valence-corrected chi connectivity index (χ3v) is 4.82. The van der Waals surface area contributed by atoms with Crippen molar-refractivity contribution in [1.82, 2.24) is 4.90 Å². The molecule has 19 heavy (non-hydrogen) atoms. The van der Waals surface area contributed by atoms with Crippen LogP contribution in [0.15, 0.2) is 46.3 Å². The molecule has 2 N–H and O–H groups in total. The lowest BCUT2D eigenvalue weighted by molar-refractivity contribution is 0.307. The summed E-state index contributed by atoms with van der Waals surface area (Å²) in [5, 5.41) is 2.13. The highest BCUT2D eigenvalue weighted by Gasteiger charge is 2.13. The molecule has 2 aromatic rings. The normalized spacial score (nSPS) is 12.8. The number of nitrogens with two attached hydrogens (primary N) is 1. The maximum Gasteiger partial charge on any atom is 0.0325 e. The summed E-state index contributed by atoms with van der Waals surface area (Å²) in [6.45, 7) is 2.64. The van der Waals surface area contributed by atoms with Gasteiger partial charge in [0, 0.05) is 40.3 Å². The second-order valence-corrected chi connectivity index (χ2v) is 6.68. The van der Waals surface area contributed by atoms with Crippen molar-refractivity contribution < 1.29 is 0 Å². The van der Waals surface area contributed by atoms with Gasteiger partial charge in [0.2, 0.25) is 0 Å². The van der Waals surface area contributed by atoms with Gasteiger partial charge in [-0.15, -0.1) is 11.3 Å². The Morgan fingerprint density at radius 3 is 2.63 bits per heavy atom. The topological polar surface area (TPSA) is 29.3 Å². The lowest BCUT2D eigenvalue weighted by Crippen LogP contribution is -2.28. The Morgan fingerprint density at radius 2 is 2.05 bits per heavy atom. The zero-order valence-corrected chi connectivity index (χ0v) is 13.5. The van der Waals surface area contributed by atoms with Crippen molar-refractivity contribution in [3.05, 3.63) is 56.7 Å². The predicted octanol–water partition coefficient (Wildman–Crippen LogP) is 3.68.